The first kappa shape index (κ1) is 22.2. The van der Waals surface area contributed by atoms with Crippen molar-refractivity contribution in [1.82, 2.24) is 9.55 Å². The van der Waals surface area contributed by atoms with Gasteiger partial charge in [-0.05, 0) is 63.4 Å². The van der Waals surface area contributed by atoms with E-state index in [1.54, 1.807) is 26.0 Å². The predicted molar refractivity (Wildman–Crippen MR) is 124 cm³/mol. The van der Waals surface area contributed by atoms with Gasteiger partial charge in [-0.1, -0.05) is 24.0 Å². The lowest BCUT2D eigenvalue weighted by atomic mass is 9.92. The minimum absolute atomic E-state index is 0.0762. The number of carbonyl (C=O) groups is 1. The molecule has 2 aromatic carbocycles. The Morgan fingerprint density at radius 1 is 1.24 bits per heavy atom. The number of aromatic nitrogens is 2. The molecule has 0 amide bonds. The highest BCUT2D eigenvalue weighted by molar-refractivity contribution is 5.98. The smallest absolute Gasteiger partial charge is 0.321 e. The van der Waals surface area contributed by atoms with Crippen LogP contribution in [0.15, 0.2) is 36.4 Å². The number of fused-ring (bicyclic) bond motifs is 2. The third-order valence-corrected chi connectivity index (χ3v) is 5.77. The van der Waals surface area contributed by atoms with Crippen LogP contribution in [0, 0.1) is 33.9 Å². The Morgan fingerprint density at radius 3 is 2.67 bits per heavy atom. The van der Waals surface area contributed by atoms with E-state index in [0.717, 1.165) is 29.7 Å². The van der Waals surface area contributed by atoms with E-state index in [1.165, 1.54) is 17.6 Å². The second kappa shape index (κ2) is 8.17. The van der Waals surface area contributed by atoms with Gasteiger partial charge in [-0.3, -0.25) is 20.2 Å². The largest absolute Gasteiger partial charge is 0.480 e. The molecule has 0 aliphatic carbocycles. The van der Waals surface area contributed by atoms with Crippen LogP contribution in [-0.2, 0) is 11.2 Å². The van der Waals surface area contributed by atoms with Crippen molar-refractivity contribution < 1.29 is 14.3 Å². The molecule has 0 fully saturated rings. The number of benzene rings is 2. The van der Waals surface area contributed by atoms with Crippen molar-refractivity contribution in [2.75, 3.05) is 11.4 Å². The average Bonchev–Trinajstić information content (AvgIpc) is 2.76. The predicted octanol–water partition coefficient (Wildman–Crippen LogP) is 4.05. The van der Waals surface area contributed by atoms with Crippen molar-refractivity contribution in [2.45, 2.75) is 33.6 Å². The molecule has 0 saturated heterocycles. The zero-order valence-corrected chi connectivity index (χ0v) is 18.7. The number of carboxylic acid groups (broad SMARTS) is 1. The van der Waals surface area contributed by atoms with Gasteiger partial charge in [0.25, 0.3) is 0 Å². The molecule has 1 aliphatic rings. The fourth-order valence-corrected chi connectivity index (χ4v) is 4.01. The van der Waals surface area contributed by atoms with Crippen LogP contribution in [0.3, 0.4) is 0 Å². The van der Waals surface area contributed by atoms with Crippen LogP contribution in [0.5, 0.6) is 0 Å². The molecule has 33 heavy (non-hydrogen) atoms. The van der Waals surface area contributed by atoms with Gasteiger partial charge in [-0.15, -0.1) is 0 Å². The minimum Gasteiger partial charge on any atom is -0.480 e. The number of nitrogens with one attached hydrogen (secondary N) is 2. The lowest BCUT2D eigenvalue weighted by Crippen LogP contribution is -2.33. The van der Waals surface area contributed by atoms with Crippen LogP contribution < -0.4 is 10.5 Å². The highest BCUT2D eigenvalue weighted by Gasteiger charge is 2.27. The topological polar surface area (TPSA) is 106 Å². The lowest BCUT2D eigenvalue weighted by Gasteiger charge is -2.32. The van der Waals surface area contributed by atoms with Crippen LogP contribution in [-0.4, -0.2) is 33.0 Å². The van der Waals surface area contributed by atoms with Crippen LogP contribution in [0.1, 0.15) is 38.3 Å². The first-order valence-electron chi connectivity index (χ1n) is 10.6. The third kappa shape index (κ3) is 3.87. The van der Waals surface area contributed by atoms with Crippen molar-refractivity contribution in [3.63, 3.8) is 0 Å². The highest BCUT2D eigenvalue weighted by atomic mass is 19.1. The number of nitrogens with zero attached hydrogens (tertiary/aromatic N) is 3. The van der Waals surface area contributed by atoms with E-state index in [1.807, 2.05) is 23.1 Å². The number of hydrogen-bond donors (Lipinski definition) is 3. The van der Waals surface area contributed by atoms with Crippen LogP contribution >= 0.6 is 0 Å². The molecule has 0 saturated carbocycles. The molecule has 168 valence electrons. The van der Waals surface area contributed by atoms with Crippen LogP contribution in [0.2, 0.25) is 0 Å². The van der Waals surface area contributed by atoms with Crippen molar-refractivity contribution in [3.8, 4) is 11.8 Å². The summed E-state index contributed by atoms with van der Waals surface area (Å²) in [6, 6.07) is 10.2. The van der Waals surface area contributed by atoms with E-state index in [2.05, 4.69) is 16.8 Å². The van der Waals surface area contributed by atoms with E-state index < -0.39 is 17.2 Å². The number of rotatable bonds is 2. The molecule has 0 radical (unpaired) electrons. The molecule has 8 heteroatoms. The first-order chi connectivity index (χ1) is 15.6. The van der Waals surface area contributed by atoms with Gasteiger partial charge < -0.3 is 10.0 Å². The maximum atomic E-state index is 15.1. The average molecular weight is 445 g/mol. The Balaban J connectivity index is 1.93. The van der Waals surface area contributed by atoms with Crippen molar-refractivity contribution in [2.24, 2.45) is 5.41 Å². The van der Waals surface area contributed by atoms with Gasteiger partial charge in [0.15, 0.2) is 0 Å². The fourth-order valence-electron chi connectivity index (χ4n) is 4.01. The van der Waals surface area contributed by atoms with Crippen molar-refractivity contribution in [3.05, 3.63) is 59.0 Å². The van der Waals surface area contributed by atoms with Gasteiger partial charge in [-0.2, -0.15) is 4.98 Å². The Labute approximate surface area is 190 Å². The minimum atomic E-state index is -1.18. The maximum Gasteiger partial charge on any atom is 0.321 e. The normalized spacial score (nSPS) is 13.3. The van der Waals surface area contributed by atoms with Gasteiger partial charge in [-0.25, -0.2) is 4.39 Å². The quantitative estimate of drug-likeness (QED) is 0.314. The number of halogens is 1. The molecule has 3 N–H and O–H groups in total. The number of anilines is 2. The molecular weight excluding hydrogens is 421 g/mol. The summed E-state index contributed by atoms with van der Waals surface area (Å²) in [4.78, 5) is 17.7. The zero-order chi connectivity index (χ0) is 23.9. The summed E-state index contributed by atoms with van der Waals surface area (Å²) in [7, 11) is 0. The van der Waals surface area contributed by atoms with Crippen LogP contribution in [0.4, 0.5) is 15.9 Å². The molecule has 1 aliphatic heterocycles. The highest BCUT2D eigenvalue weighted by Crippen LogP contribution is 2.37. The number of carboxylic acids is 1. The molecule has 1 aromatic heterocycles. The second-order valence-corrected chi connectivity index (χ2v) is 8.55. The van der Waals surface area contributed by atoms with Crippen molar-refractivity contribution >= 4 is 34.2 Å². The van der Waals surface area contributed by atoms with E-state index >= 15 is 4.39 Å². The molecule has 7 nitrogen and oxygen atoms in total. The molecule has 0 unspecified atom stereocenters. The summed E-state index contributed by atoms with van der Waals surface area (Å²) >= 11 is 0. The maximum absolute atomic E-state index is 15.1. The molecule has 3 aromatic rings. The summed E-state index contributed by atoms with van der Waals surface area (Å²) in [6.07, 6.45) is 1.50. The Hall–Kier alpha value is -3.99. The van der Waals surface area contributed by atoms with E-state index in [0.29, 0.717) is 17.9 Å². The molecule has 4 rings (SSSR count). The summed E-state index contributed by atoms with van der Waals surface area (Å²) in [5, 5.41) is 26.0. The monoisotopic (exact) mass is 445 g/mol. The number of aliphatic carboxylic acids is 1. The fraction of sp³-hybridized carbons (Fsp3) is 0.280. The summed E-state index contributed by atoms with van der Waals surface area (Å²) in [5.74, 6) is 4.81. The summed E-state index contributed by atoms with van der Waals surface area (Å²) in [5.41, 5.74) is 1.54. The summed E-state index contributed by atoms with van der Waals surface area (Å²) < 4.78 is 16.4. The van der Waals surface area contributed by atoms with Gasteiger partial charge in [0.2, 0.25) is 5.62 Å². The second-order valence-electron chi connectivity index (χ2n) is 8.55. The van der Waals surface area contributed by atoms with E-state index in [4.69, 9.17) is 10.8 Å². The Morgan fingerprint density at radius 2 is 1.97 bits per heavy atom. The van der Waals surface area contributed by atoms with E-state index in [9.17, 15) is 9.90 Å². The SMILES string of the molecule is CC(=N)n1c(=N)nc(N2CCCc3c(C#CC(C)(C)C(=O)O)cccc32)c2c(F)cccc21. The molecular formula is C25H24FN5O2. The van der Waals surface area contributed by atoms with E-state index in [-0.39, 0.29) is 16.8 Å². The standard InChI is InChI=1S/C25H24FN5O2/c1-15(27)31-20-11-5-9-18(26)21(20)22(29-24(31)28)30-14-6-8-17-16(7-4-10-19(17)30)12-13-25(2,3)23(32)33/h4-5,7,9-11,27-28H,6,8,14H2,1-3H3,(H,32,33). The number of hydrogen-bond acceptors (Lipinski definition) is 5. The molecule has 2 heterocycles. The Bertz CT molecular complexity index is 1430. The molecule has 0 atom stereocenters. The molecule has 0 spiro atoms. The van der Waals surface area contributed by atoms with Crippen LogP contribution in [0.25, 0.3) is 10.9 Å². The van der Waals surface area contributed by atoms with Gasteiger partial charge in [0.05, 0.1) is 10.9 Å². The first-order valence-corrected chi connectivity index (χ1v) is 10.6. The van der Waals surface area contributed by atoms with Gasteiger partial charge >= 0.3 is 5.97 Å². The van der Waals surface area contributed by atoms with Gasteiger partial charge in [0, 0.05) is 17.8 Å². The Kier molecular flexibility index (Phi) is 5.50. The van der Waals surface area contributed by atoms with Gasteiger partial charge in [0.1, 0.15) is 22.9 Å². The summed E-state index contributed by atoms with van der Waals surface area (Å²) in [6.45, 7) is 5.23. The third-order valence-electron chi connectivity index (χ3n) is 5.77. The lowest BCUT2D eigenvalue weighted by molar-refractivity contribution is -0.143. The van der Waals surface area contributed by atoms with Crippen molar-refractivity contribution in [1.29, 1.82) is 10.8 Å². The molecule has 0 bridgehead atoms. The zero-order valence-electron chi connectivity index (χ0n) is 18.7.